The van der Waals surface area contributed by atoms with Crippen molar-refractivity contribution in [1.82, 2.24) is 25.1 Å². The van der Waals surface area contributed by atoms with E-state index < -0.39 is 0 Å². The number of hydrogen-bond acceptors (Lipinski definition) is 9. The third-order valence-electron chi connectivity index (χ3n) is 6.07. The van der Waals surface area contributed by atoms with Crippen LogP contribution in [0.5, 0.6) is 0 Å². The summed E-state index contributed by atoms with van der Waals surface area (Å²) in [6, 6.07) is 0. The van der Waals surface area contributed by atoms with Gasteiger partial charge in [0.05, 0.1) is 19.8 Å². The molecule has 1 saturated carbocycles. The monoisotopic (exact) mass is 445 g/mol. The first kappa shape index (κ1) is 20.4. The molecule has 0 aromatic carbocycles. The van der Waals surface area contributed by atoms with Crippen molar-refractivity contribution < 1.29 is 9.15 Å². The standard InChI is InChI=1S/C21H27N5O2S2/c1-13-14(2)29-19-17(13)20(23-16(22-19)12-26-8-10-27-11-9-26)30-21-25-24-18(28-21)15-6-4-3-5-7-15/h15H,3-12H2,1-2H3. The van der Waals surface area contributed by atoms with E-state index in [0.717, 1.165) is 72.6 Å². The van der Waals surface area contributed by atoms with Crippen LogP contribution in [0.15, 0.2) is 14.7 Å². The molecule has 0 bridgehead atoms. The number of hydrogen-bond donors (Lipinski definition) is 0. The Bertz CT molecular complexity index is 1020. The zero-order chi connectivity index (χ0) is 20.5. The van der Waals surface area contributed by atoms with Gasteiger partial charge in [-0.1, -0.05) is 19.3 Å². The van der Waals surface area contributed by atoms with E-state index in [1.165, 1.54) is 41.5 Å². The Balaban J connectivity index is 1.43. The zero-order valence-electron chi connectivity index (χ0n) is 17.5. The number of aryl methyl sites for hydroxylation is 2. The molecule has 1 saturated heterocycles. The second kappa shape index (κ2) is 8.90. The number of fused-ring (bicyclic) bond motifs is 1. The molecule has 0 radical (unpaired) electrons. The maximum atomic E-state index is 6.07. The normalized spacial score (nSPS) is 19.0. The molecule has 3 aromatic heterocycles. The zero-order valence-corrected chi connectivity index (χ0v) is 19.2. The van der Waals surface area contributed by atoms with Crippen LogP contribution >= 0.6 is 23.1 Å². The predicted octanol–water partition coefficient (Wildman–Crippen LogP) is 4.72. The van der Waals surface area contributed by atoms with Crippen LogP contribution in [0.3, 0.4) is 0 Å². The molecule has 0 amide bonds. The number of nitrogens with zero attached hydrogens (tertiary/aromatic N) is 5. The van der Waals surface area contributed by atoms with Crippen LogP contribution in [0.1, 0.15) is 60.2 Å². The van der Waals surface area contributed by atoms with Crippen LogP contribution in [-0.2, 0) is 11.3 Å². The fourth-order valence-corrected chi connectivity index (χ4v) is 6.21. The minimum Gasteiger partial charge on any atom is -0.415 e. The van der Waals surface area contributed by atoms with Gasteiger partial charge < -0.3 is 9.15 Å². The van der Waals surface area contributed by atoms with Gasteiger partial charge in [-0.2, -0.15) is 0 Å². The first-order valence-corrected chi connectivity index (χ1v) is 12.4. The van der Waals surface area contributed by atoms with Gasteiger partial charge in [-0.25, -0.2) is 9.97 Å². The van der Waals surface area contributed by atoms with Gasteiger partial charge in [0.15, 0.2) is 0 Å². The summed E-state index contributed by atoms with van der Waals surface area (Å²) in [6.45, 7) is 8.40. The van der Waals surface area contributed by atoms with Crippen LogP contribution in [0.25, 0.3) is 10.2 Å². The molecule has 2 fully saturated rings. The fourth-order valence-electron chi connectivity index (χ4n) is 4.22. The lowest BCUT2D eigenvalue weighted by atomic mass is 9.89. The number of thiophene rings is 1. The van der Waals surface area contributed by atoms with Gasteiger partial charge in [-0.15, -0.1) is 21.5 Å². The van der Waals surface area contributed by atoms with Gasteiger partial charge in [0, 0.05) is 29.3 Å². The molecule has 1 aliphatic heterocycles. The fraction of sp³-hybridized carbons (Fsp3) is 0.619. The first-order valence-electron chi connectivity index (χ1n) is 10.8. The Morgan fingerprint density at radius 2 is 1.87 bits per heavy atom. The molecule has 7 nitrogen and oxygen atoms in total. The third-order valence-corrected chi connectivity index (χ3v) is 8.00. The molecule has 0 N–H and O–H groups in total. The summed E-state index contributed by atoms with van der Waals surface area (Å²) >= 11 is 3.21. The molecule has 5 rings (SSSR count). The Kier molecular flexibility index (Phi) is 6.04. The molecule has 0 unspecified atom stereocenters. The van der Waals surface area contributed by atoms with Crippen molar-refractivity contribution in [3.05, 3.63) is 22.2 Å². The Morgan fingerprint density at radius 1 is 1.07 bits per heavy atom. The first-order chi connectivity index (χ1) is 14.7. The molecule has 2 aliphatic rings. The molecule has 160 valence electrons. The molecular weight excluding hydrogens is 418 g/mol. The maximum absolute atomic E-state index is 6.07. The summed E-state index contributed by atoms with van der Waals surface area (Å²) < 4.78 is 11.5. The Hall–Kier alpha value is -1.55. The van der Waals surface area contributed by atoms with Gasteiger partial charge >= 0.3 is 0 Å². The average Bonchev–Trinajstić information content (AvgIpc) is 3.34. The van der Waals surface area contributed by atoms with Crippen molar-refractivity contribution in [3.8, 4) is 0 Å². The Morgan fingerprint density at radius 3 is 2.67 bits per heavy atom. The number of rotatable bonds is 5. The molecule has 3 aromatic rings. The molecule has 4 heterocycles. The van der Waals surface area contributed by atoms with E-state index in [2.05, 4.69) is 28.9 Å². The van der Waals surface area contributed by atoms with Crippen LogP contribution in [0, 0.1) is 13.8 Å². The van der Waals surface area contributed by atoms with Crippen LogP contribution in [-0.4, -0.2) is 51.4 Å². The van der Waals surface area contributed by atoms with Gasteiger partial charge in [-0.3, -0.25) is 4.90 Å². The van der Waals surface area contributed by atoms with E-state index >= 15 is 0 Å². The summed E-state index contributed by atoms with van der Waals surface area (Å²) in [4.78, 5) is 14.5. The lowest BCUT2D eigenvalue weighted by Gasteiger charge is -2.25. The third kappa shape index (κ3) is 4.26. The lowest BCUT2D eigenvalue weighted by molar-refractivity contribution is 0.0330. The molecule has 30 heavy (non-hydrogen) atoms. The minimum absolute atomic E-state index is 0.410. The second-order valence-electron chi connectivity index (χ2n) is 8.14. The van der Waals surface area contributed by atoms with Gasteiger partial charge in [0.1, 0.15) is 15.7 Å². The topological polar surface area (TPSA) is 77.2 Å². The maximum Gasteiger partial charge on any atom is 0.282 e. The summed E-state index contributed by atoms with van der Waals surface area (Å²) in [5.74, 6) is 2.04. The summed E-state index contributed by atoms with van der Waals surface area (Å²) in [6.07, 6.45) is 6.11. The van der Waals surface area contributed by atoms with E-state index in [9.17, 15) is 0 Å². The van der Waals surface area contributed by atoms with Crippen molar-refractivity contribution in [3.63, 3.8) is 0 Å². The SMILES string of the molecule is Cc1sc2nc(CN3CCOCC3)nc(Sc3nnc(C4CCCCC4)o3)c2c1C. The van der Waals surface area contributed by atoms with E-state index in [0.29, 0.717) is 11.1 Å². The molecule has 0 spiro atoms. The van der Waals surface area contributed by atoms with Crippen LogP contribution < -0.4 is 0 Å². The number of ether oxygens (including phenoxy) is 1. The van der Waals surface area contributed by atoms with Crippen molar-refractivity contribution in [2.24, 2.45) is 0 Å². The average molecular weight is 446 g/mol. The van der Waals surface area contributed by atoms with Crippen molar-refractivity contribution in [2.45, 2.75) is 68.7 Å². The van der Waals surface area contributed by atoms with E-state index in [-0.39, 0.29) is 0 Å². The molecule has 9 heteroatoms. The molecule has 1 aliphatic carbocycles. The lowest BCUT2D eigenvalue weighted by Crippen LogP contribution is -2.36. The summed E-state index contributed by atoms with van der Waals surface area (Å²) in [7, 11) is 0. The second-order valence-corrected chi connectivity index (χ2v) is 10.3. The Labute approximate surface area is 184 Å². The van der Waals surface area contributed by atoms with E-state index in [1.54, 1.807) is 11.3 Å². The molecule has 0 atom stereocenters. The van der Waals surface area contributed by atoms with Crippen molar-refractivity contribution in [2.75, 3.05) is 26.3 Å². The smallest absolute Gasteiger partial charge is 0.282 e. The highest BCUT2D eigenvalue weighted by Crippen LogP contribution is 2.39. The van der Waals surface area contributed by atoms with Crippen molar-refractivity contribution >= 4 is 33.3 Å². The van der Waals surface area contributed by atoms with Gasteiger partial charge in [0.2, 0.25) is 5.89 Å². The highest BCUT2D eigenvalue weighted by atomic mass is 32.2. The van der Waals surface area contributed by atoms with Gasteiger partial charge in [0.25, 0.3) is 5.22 Å². The molecular formula is C21H27N5O2S2. The largest absolute Gasteiger partial charge is 0.415 e. The van der Waals surface area contributed by atoms with E-state index in [4.69, 9.17) is 19.1 Å². The van der Waals surface area contributed by atoms with Crippen molar-refractivity contribution in [1.29, 1.82) is 0 Å². The number of morpholine rings is 1. The summed E-state index contributed by atoms with van der Waals surface area (Å²) in [5.41, 5.74) is 1.24. The van der Waals surface area contributed by atoms with Gasteiger partial charge in [-0.05, 0) is 44.0 Å². The quantitative estimate of drug-likeness (QED) is 0.522. The predicted molar refractivity (Wildman–Crippen MR) is 117 cm³/mol. The van der Waals surface area contributed by atoms with Crippen LogP contribution in [0.4, 0.5) is 0 Å². The number of aromatic nitrogens is 4. The van der Waals surface area contributed by atoms with E-state index in [1.807, 2.05) is 0 Å². The highest BCUT2D eigenvalue weighted by Gasteiger charge is 2.23. The van der Waals surface area contributed by atoms with Crippen LogP contribution in [0.2, 0.25) is 0 Å². The minimum atomic E-state index is 0.410. The highest BCUT2D eigenvalue weighted by molar-refractivity contribution is 7.99. The summed E-state index contributed by atoms with van der Waals surface area (Å²) in [5, 5.41) is 11.3.